The molecule has 0 atom stereocenters. The molecule has 0 spiro atoms. The van der Waals surface area contributed by atoms with Crippen LogP contribution >= 0.6 is 0 Å². The average Bonchev–Trinajstić information content (AvgIpc) is 2.92. The fourth-order valence-electron chi connectivity index (χ4n) is 4.47. The van der Waals surface area contributed by atoms with Crippen LogP contribution in [0.4, 0.5) is 0 Å². The van der Waals surface area contributed by atoms with Gasteiger partial charge in [0.05, 0.1) is 6.61 Å². The van der Waals surface area contributed by atoms with E-state index in [0.29, 0.717) is 12.4 Å². The lowest BCUT2D eigenvalue weighted by atomic mass is 9.98. The lowest BCUT2D eigenvalue weighted by Crippen LogP contribution is -2.02. The fourth-order valence-corrected chi connectivity index (χ4v) is 4.47. The second-order valence-electron chi connectivity index (χ2n) is 9.40. The predicted octanol–water partition coefficient (Wildman–Crippen LogP) is 8.82. The lowest BCUT2D eigenvalue weighted by Gasteiger charge is -2.13. The van der Waals surface area contributed by atoms with E-state index in [2.05, 4.69) is 61.5 Å². The standard InChI is InChI=1S/C34H36O4/c1-3-11-30-24-34(38-31-20-17-29(18-21-31)27-12-6-4-7-13-27)22-19-28(30)14-8-5-9-23-36-32-15-10-16-33(25-32)37-26(2)35/h4,6-7,10,12-13,15-22,24-25H,3,5,8-9,11,14,23H2,1-2H3. The summed E-state index contributed by atoms with van der Waals surface area (Å²) in [6, 6.07) is 32.3. The van der Waals surface area contributed by atoms with Crippen molar-refractivity contribution in [3.63, 3.8) is 0 Å². The zero-order valence-electron chi connectivity index (χ0n) is 22.3. The second kappa shape index (κ2) is 14.0. The third-order valence-electron chi connectivity index (χ3n) is 6.32. The molecule has 38 heavy (non-hydrogen) atoms. The minimum absolute atomic E-state index is 0.332. The molecule has 0 saturated carbocycles. The van der Waals surface area contributed by atoms with Crippen LogP contribution in [0.2, 0.25) is 0 Å². The van der Waals surface area contributed by atoms with Crippen molar-refractivity contribution in [1.29, 1.82) is 0 Å². The molecule has 0 aliphatic carbocycles. The predicted molar refractivity (Wildman–Crippen MR) is 153 cm³/mol. The Morgan fingerprint density at radius 1 is 0.632 bits per heavy atom. The third kappa shape index (κ3) is 8.24. The Balaban J connectivity index is 1.25. The molecule has 4 aromatic rings. The first kappa shape index (κ1) is 27.0. The number of aryl methyl sites for hydroxylation is 2. The van der Waals surface area contributed by atoms with Gasteiger partial charge in [0, 0.05) is 13.0 Å². The summed E-state index contributed by atoms with van der Waals surface area (Å²) in [5.74, 6) is 2.63. The quantitative estimate of drug-likeness (QED) is 0.103. The summed E-state index contributed by atoms with van der Waals surface area (Å²) < 4.78 is 17.2. The number of esters is 1. The van der Waals surface area contributed by atoms with Crippen LogP contribution in [-0.2, 0) is 17.6 Å². The van der Waals surface area contributed by atoms with Crippen molar-refractivity contribution in [2.75, 3.05) is 6.61 Å². The number of rotatable bonds is 13. The van der Waals surface area contributed by atoms with Gasteiger partial charge in [0.25, 0.3) is 0 Å². The van der Waals surface area contributed by atoms with Crippen molar-refractivity contribution in [1.82, 2.24) is 0 Å². The molecule has 0 radical (unpaired) electrons. The van der Waals surface area contributed by atoms with Gasteiger partial charge in [-0.05, 0) is 90.8 Å². The number of unbranched alkanes of at least 4 members (excludes halogenated alkanes) is 2. The smallest absolute Gasteiger partial charge is 0.308 e. The summed E-state index contributed by atoms with van der Waals surface area (Å²) >= 11 is 0. The Kier molecular flexibility index (Phi) is 9.97. The highest BCUT2D eigenvalue weighted by molar-refractivity contribution is 5.69. The largest absolute Gasteiger partial charge is 0.493 e. The molecule has 0 aliphatic rings. The summed E-state index contributed by atoms with van der Waals surface area (Å²) in [6.07, 6.45) is 6.35. The van der Waals surface area contributed by atoms with Gasteiger partial charge in [-0.2, -0.15) is 0 Å². The van der Waals surface area contributed by atoms with Crippen LogP contribution < -0.4 is 14.2 Å². The molecule has 4 heteroatoms. The minimum atomic E-state index is -0.332. The van der Waals surface area contributed by atoms with Crippen LogP contribution in [0.3, 0.4) is 0 Å². The van der Waals surface area contributed by atoms with Gasteiger partial charge in [0.2, 0.25) is 0 Å². The van der Waals surface area contributed by atoms with Gasteiger partial charge in [-0.25, -0.2) is 0 Å². The first-order chi connectivity index (χ1) is 18.6. The van der Waals surface area contributed by atoms with Crippen LogP contribution in [0.5, 0.6) is 23.0 Å². The minimum Gasteiger partial charge on any atom is -0.493 e. The highest BCUT2D eigenvalue weighted by Crippen LogP contribution is 2.28. The van der Waals surface area contributed by atoms with E-state index in [1.807, 2.05) is 30.3 Å². The Morgan fingerprint density at radius 3 is 2.13 bits per heavy atom. The van der Waals surface area contributed by atoms with Gasteiger partial charge in [-0.3, -0.25) is 4.79 Å². The van der Waals surface area contributed by atoms with Crippen molar-refractivity contribution in [2.45, 2.75) is 52.4 Å². The first-order valence-electron chi connectivity index (χ1n) is 13.5. The monoisotopic (exact) mass is 508 g/mol. The van der Waals surface area contributed by atoms with Gasteiger partial charge in [-0.15, -0.1) is 0 Å². The van der Waals surface area contributed by atoms with E-state index in [1.54, 1.807) is 12.1 Å². The van der Waals surface area contributed by atoms with Crippen molar-refractivity contribution in [2.24, 2.45) is 0 Å². The number of hydrogen-bond donors (Lipinski definition) is 0. The molecule has 0 fully saturated rings. The molecule has 0 amide bonds. The van der Waals surface area contributed by atoms with E-state index in [4.69, 9.17) is 14.2 Å². The lowest BCUT2D eigenvalue weighted by molar-refractivity contribution is -0.131. The summed E-state index contributed by atoms with van der Waals surface area (Å²) in [5.41, 5.74) is 5.15. The summed E-state index contributed by atoms with van der Waals surface area (Å²) in [6.45, 7) is 4.25. The Morgan fingerprint density at radius 2 is 1.37 bits per heavy atom. The molecule has 4 nitrogen and oxygen atoms in total. The highest BCUT2D eigenvalue weighted by atomic mass is 16.5. The first-order valence-corrected chi connectivity index (χ1v) is 13.5. The van der Waals surface area contributed by atoms with Crippen molar-refractivity contribution in [3.05, 3.63) is 108 Å². The topological polar surface area (TPSA) is 44.8 Å². The normalized spacial score (nSPS) is 10.7. The summed E-state index contributed by atoms with van der Waals surface area (Å²) in [5, 5.41) is 0. The molecule has 0 saturated heterocycles. The Hall–Kier alpha value is -4.05. The molecule has 0 aliphatic heterocycles. The number of hydrogen-bond acceptors (Lipinski definition) is 4. The van der Waals surface area contributed by atoms with E-state index >= 15 is 0 Å². The van der Waals surface area contributed by atoms with Crippen LogP contribution in [0, 0.1) is 0 Å². The van der Waals surface area contributed by atoms with Crippen molar-refractivity contribution < 1.29 is 19.0 Å². The zero-order valence-corrected chi connectivity index (χ0v) is 22.3. The molecule has 4 rings (SSSR count). The maximum absolute atomic E-state index is 11.1. The molecule has 0 aromatic heterocycles. The Bertz CT molecular complexity index is 1300. The van der Waals surface area contributed by atoms with E-state index in [1.165, 1.54) is 29.2 Å². The average molecular weight is 509 g/mol. The SMILES string of the molecule is CCCc1cc(Oc2ccc(-c3ccccc3)cc2)ccc1CCCCCOc1cccc(OC(C)=O)c1. The molecular weight excluding hydrogens is 472 g/mol. The van der Waals surface area contributed by atoms with Crippen LogP contribution in [-0.4, -0.2) is 12.6 Å². The molecule has 0 unspecified atom stereocenters. The number of benzene rings is 4. The van der Waals surface area contributed by atoms with Gasteiger partial charge < -0.3 is 14.2 Å². The van der Waals surface area contributed by atoms with Crippen LogP contribution in [0.15, 0.2) is 97.1 Å². The molecule has 4 aromatic carbocycles. The molecule has 0 N–H and O–H groups in total. The van der Waals surface area contributed by atoms with Gasteiger partial charge >= 0.3 is 5.97 Å². The van der Waals surface area contributed by atoms with Gasteiger partial charge in [0.1, 0.15) is 23.0 Å². The molecule has 196 valence electrons. The van der Waals surface area contributed by atoms with Gasteiger partial charge in [-0.1, -0.05) is 67.9 Å². The molecular formula is C34H36O4. The number of carbonyl (C=O) groups is 1. The van der Waals surface area contributed by atoms with Gasteiger partial charge in [0.15, 0.2) is 0 Å². The zero-order chi connectivity index (χ0) is 26.6. The van der Waals surface area contributed by atoms with E-state index in [0.717, 1.165) is 55.8 Å². The van der Waals surface area contributed by atoms with E-state index in [-0.39, 0.29) is 5.97 Å². The summed E-state index contributed by atoms with van der Waals surface area (Å²) in [4.78, 5) is 11.1. The van der Waals surface area contributed by atoms with Crippen LogP contribution in [0.25, 0.3) is 11.1 Å². The maximum Gasteiger partial charge on any atom is 0.308 e. The third-order valence-corrected chi connectivity index (χ3v) is 6.32. The van der Waals surface area contributed by atoms with E-state index in [9.17, 15) is 4.79 Å². The second-order valence-corrected chi connectivity index (χ2v) is 9.40. The number of carbonyl (C=O) groups excluding carboxylic acids is 1. The van der Waals surface area contributed by atoms with Crippen LogP contribution in [0.1, 0.15) is 50.7 Å². The summed E-state index contributed by atoms with van der Waals surface area (Å²) in [7, 11) is 0. The molecule has 0 bridgehead atoms. The van der Waals surface area contributed by atoms with Crippen molar-refractivity contribution >= 4 is 5.97 Å². The Labute approximate surface area is 226 Å². The maximum atomic E-state index is 11.1. The molecule has 0 heterocycles. The van der Waals surface area contributed by atoms with E-state index < -0.39 is 0 Å². The highest BCUT2D eigenvalue weighted by Gasteiger charge is 2.07. The number of ether oxygens (including phenoxy) is 3. The van der Waals surface area contributed by atoms with Crippen molar-refractivity contribution in [3.8, 4) is 34.1 Å². The fraction of sp³-hybridized carbons (Fsp3) is 0.265.